The molecule has 3 N–H and O–H groups in total. The molecule has 1 saturated heterocycles. The van der Waals surface area contributed by atoms with E-state index in [1.165, 1.54) is 19.3 Å². The molecule has 0 bridgehead atoms. The van der Waals surface area contributed by atoms with Crippen LogP contribution in [0.2, 0.25) is 0 Å². The molecular weight excluding hydrogens is 949 g/mol. The van der Waals surface area contributed by atoms with Crippen LogP contribution < -0.4 is 0 Å². The molecule has 12 nitrogen and oxygen atoms in total. The average molecular weight is 1050 g/mol. The smallest absolute Gasteiger partial charge is 0.335 e. The van der Waals surface area contributed by atoms with E-state index in [1.807, 2.05) is 0 Å². The number of hydrogen-bond acceptors (Lipinski definition) is 11. The fourth-order valence-corrected chi connectivity index (χ4v) is 8.19. The van der Waals surface area contributed by atoms with Gasteiger partial charge in [-0.3, -0.25) is 14.4 Å². The van der Waals surface area contributed by atoms with Gasteiger partial charge in [0.05, 0.1) is 6.61 Å². The molecular formula is C63H102O12. The second-order valence-electron chi connectivity index (χ2n) is 19.5. The zero-order chi connectivity index (χ0) is 54.7. The minimum absolute atomic E-state index is 0.0364. The fourth-order valence-electron chi connectivity index (χ4n) is 8.19. The lowest BCUT2D eigenvalue weighted by atomic mass is 9.98. The molecule has 0 aromatic heterocycles. The Bertz CT molecular complexity index is 1670. The third kappa shape index (κ3) is 40.6. The highest BCUT2D eigenvalue weighted by atomic mass is 16.7. The topological polar surface area (TPSA) is 175 Å². The number of rotatable bonds is 48. The second kappa shape index (κ2) is 50.5. The van der Waals surface area contributed by atoms with Gasteiger partial charge >= 0.3 is 23.9 Å². The number of aliphatic hydroxyl groups excluding tert-OH is 2. The number of carbonyl (C=O) groups excluding carboxylic acids is 3. The van der Waals surface area contributed by atoms with Crippen molar-refractivity contribution in [2.75, 3.05) is 13.2 Å². The Morgan fingerprint density at radius 2 is 0.840 bits per heavy atom. The van der Waals surface area contributed by atoms with E-state index in [0.717, 1.165) is 148 Å². The molecule has 0 radical (unpaired) electrons. The van der Waals surface area contributed by atoms with Crippen molar-refractivity contribution in [1.82, 2.24) is 0 Å². The predicted molar refractivity (Wildman–Crippen MR) is 303 cm³/mol. The highest BCUT2D eigenvalue weighted by Gasteiger charge is 2.50. The third-order valence-corrected chi connectivity index (χ3v) is 12.6. The van der Waals surface area contributed by atoms with E-state index in [9.17, 15) is 34.5 Å². The average Bonchev–Trinajstić information content (AvgIpc) is 3.39. The van der Waals surface area contributed by atoms with Gasteiger partial charge < -0.3 is 39.0 Å². The van der Waals surface area contributed by atoms with E-state index < -0.39 is 67.3 Å². The van der Waals surface area contributed by atoms with Crippen LogP contribution in [0.4, 0.5) is 0 Å². The largest absolute Gasteiger partial charge is 0.479 e. The van der Waals surface area contributed by atoms with E-state index in [1.54, 1.807) is 0 Å². The van der Waals surface area contributed by atoms with Gasteiger partial charge in [0, 0.05) is 19.3 Å². The summed E-state index contributed by atoms with van der Waals surface area (Å²) in [6, 6.07) is 0. The first-order valence-electron chi connectivity index (χ1n) is 29.2. The quantitative estimate of drug-likeness (QED) is 0.0228. The van der Waals surface area contributed by atoms with Crippen LogP contribution in [0.15, 0.2) is 97.2 Å². The normalized spacial score (nSPS) is 18.9. The van der Waals surface area contributed by atoms with Gasteiger partial charge in [-0.2, -0.15) is 0 Å². The van der Waals surface area contributed by atoms with Crippen molar-refractivity contribution in [3.05, 3.63) is 97.2 Å². The lowest BCUT2D eigenvalue weighted by Gasteiger charge is -2.40. The van der Waals surface area contributed by atoms with Crippen molar-refractivity contribution in [3.63, 3.8) is 0 Å². The van der Waals surface area contributed by atoms with E-state index in [-0.39, 0.29) is 25.9 Å². The highest BCUT2D eigenvalue weighted by Crippen LogP contribution is 2.26. The molecule has 0 amide bonds. The minimum atomic E-state index is -1.92. The van der Waals surface area contributed by atoms with Gasteiger partial charge in [-0.15, -0.1) is 0 Å². The zero-order valence-electron chi connectivity index (χ0n) is 46.8. The standard InChI is InChI=1S/C63H102O12/c1-4-7-10-13-16-19-22-25-28-31-34-37-40-43-46-49-55(64)71-52-54(73-56(65)50-47-44-41-38-35-32-29-26-23-20-17-14-11-8-5-2)53-72-63-61(59(68)58(67)60(75-63)62(69)70)74-57(66)51-48-45-42-39-36-33-30-27-24-21-18-15-12-9-6-3/h7-8,10-11,16-21,25-30,54,58-61,63,67-68H,4-6,9,12-15,22-24,31-53H2,1-3H3,(H,69,70)/b10-7-,11-8-,19-16-,20-17-,21-18-,28-25-,29-26-,30-27-. The lowest BCUT2D eigenvalue weighted by molar-refractivity contribution is -0.301. The third-order valence-electron chi connectivity index (χ3n) is 12.6. The number of aliphatic hydroxyl groups is 2. The Morgan fingerprint density at radius 1 is 0.453 bits per heavy atom. The predicted octanol–water partition coefficient (Wildman–Crippen LogP) is 14.9. The monoisotopic (exact) mass is 1050 g/mol. The molecule has 1 heterocycles. The van der Waals surface area contributed by atoms with Crippen molar-refractivity contribution < 1.29 is 58.2 Å². The molecule has 0 saturated carbocycles. The van der Waals surface area contributed by atoms with Crippen LogP contribution >= 0.6 is 0 Å². The van der Waals surface area contributed by atoms with Gasteiger partial charge in [0.15, 0.2) is 24.6 Å². The number of carboxylic acid groups (broad SMARTS) is 1. The summed E-state index contributed by atoms with van der Waals surface area (Å²) < 4.78 is 28.4. The van der Waals surface area contributed by atoms with Crippen LogP contribution in [0.25, 0.3) is 0 Å². The minimum Gasteiger partial charge on any atom is -0.479 e. The van der Waals surface area contributed by atoms with E-state index >= 15 is 0 Å². The summed E-state index contributed by atoms with van der Waals surface area (Å²) in [5.74, 6) is -3.19. The first kappa shape index (κ1) is 68.7. The summed E-state index contributed by atoms with van der Waals surface area (Å²) >= 11 is 0. The van der Waals surface area contributed by atoms with Crippen LogP contribution in [0.3, 0.4) is 0 Å². The van der Waals surface area contributed by atoms with Crippen LogP contribution in [-0.4, -0.2) is 89.2 Å². The van der Waals surface area contributed by atoms with Crippen molar-refractivity contribution in [2.45, 2.75) is 263 Å². The Balaban J connectivity index is 2.74. The highest BCUT2D eigenvalue weighted by molar-refractivity contribution is 5.74. The maximum absolute atomic E-state index is 13.1. The van der Waals surface area contributed by atoms with Gasteiger partial charge in [0.25, 0.3) is 0 Å². The molecule has 0 aromatic rings. The molecule has 12 heteroatoms. The van der Waals surface area contributed by atoms with Crippen LogP contribution in [0, 0.1) is 0 Å². The number of hydrogen-bond donors (Lipinski definition) is 3. The lowest BCUT2D eigenvalue weighted by Crippen LogP contribution is -2.61. The number of esters is 3. The molecule has 6 atom stereocenters. The van der Waals surface area contributed by atoms with Gasteiger partial charge in [-0.1, -0.05) is 189 Å². The molecule has 1 rings (SSSR count). The molecule has 426 valence electrons. The molecule has 6 unspecified atom stereocenters. The summed E-state index contributed by atoms with van der Waals surface area (Å²) in [5.41, 5.74) is 0. The van der Waals surface area contributed by atoms with Gasteiger partial charge in [0.2, 0.25) is 0 Å². The van der Waals surface area contributed by atoms with E-state index in [4.69, 9.17) is 23.7 Å². The summed E-state index contributed by atoms with van der Waals surface area (Å²) in [5, 5.41) is 31.5. The molecule has 1 aliphatic heterocycles. The molecule has 1 fully saturated rings. The summed E-state index contributed by atoms with van der Waals surface area (Å²) in [6.45, 7) is 5.70. The van der Waals surface area contributed by atoms with E-state index in [2.05, 4.69) is 118 Å². The molecule has 0 aromatic carbocycles. The maximum atomic E-state index is 13.1. The number of aliphatic carboxylic acids is 1. The Morgan fingerprint density at radius 3 is 1.28 bits per heavy atom. The number of carboxylic acids is 1. The van der Waals surface area contributed by atoms with Crippen molar-refractivity contribution in [1.29, 1.82) is 0 Å². The van der Waals surface area contributed by atoms with Gasteiger partial charge in [0.1, 0.15) is 18.8 Å². The van der Waals surface area contributed by atoms with Gasteiger partial charge in [-0.05, 0) is 116 Å². The van der Waals surface area contributed by atoms with Gasteiger partial charge in [-0.25, -0.2) is 4.79 Å². The number of allylic oxidation sites excluding steroid dienone is 16. The number of carbonyl (C=O) groups is 4. The van der Waals surface area contributed by atoms with E-state index in [0.29, 0.717) is 19.3 Å². The first-order valence-corrected chi connectivity index (χ1v) is 29.2. The fraction of sp³-hybridized carbons (Fsp3) is 0.683. The van der Waals surface area contributed by atoms with Crippen molar-refractivity contribution >= 4 is 23.9 Å². The first-order chi connectivity index (χ1) is 36.6. The summed E-state index contributed by atoms with van der Waals surface area (Å²) in [6.07, 6.45) is 53.7. The number of unbranched alkanes of at least 4 members (excludes halogenated alkanes) is 18. The SMILES string of the molecule is CC/C=C\C/C=C\C/C=C\CCCCCCCC(=O)OCC(COC1OC(C(=O)O)C(O)C(O)C1OC(=O)CCCCCCC/C=C\C/C=C\CCCCC)OC(=O)CCCCCCC/C=C\C/C=C\C/C=C\CC. The second-order valence-corrected chi connectivity index (χ2v) is 19.5. The molecule has 75 heavy (non-hydrogen) atoms. The number of ether oxygens (including phenoxy) is 5. The Labute approximate surface area is 453 Å². The Kier molecular flexibility index (Phi) is 46.2. The van der Waals surface area contributed by atoms with Crippen LogP contribution in [-0.2, 0) is 42.9 Å². The maximum Gasteiger partial charge on any atom is 0.335 e. The molecule has 1 aliphatic rings. The summed E-state index contributed by atoms with van der Waals surface area (Å²) in [7, 11) is 0. The van der Waals surface area contributed by atoms with Crippen LogP contribution in [0.1, 0.15) is 226 Å². The Hall–Kier alpha value is -4.36. The molecule has 0 spiro atoms. The zero-order valence-corrected chi connectivity index (χ0v) is 46.8. The summed E-state index contributed by atoms with van der Waals surface area (Å²) in [4.78, 5) is 51.1. The van der Waals surface area contributed by atoms with Crippen molar-refractivity contribution in [3.8, 4) is 0 Å². The molecule has 0 aliphatic carbocycles. The van der Waals surface area contributed by atoms with Crippen molar-refractivity contribution in [2.24, 2.45) is 0 Å². The van der Waals surface area contributed by atoms with Crippen LogP contribution in [0.5, 0.6) is 0 Å².